The quantitative estimate of drug-likeness (QED) is 0.696. The molecule has 2 aromatic rings. The smallest absolute Gasteiger partial charge is 0.244 e. The van der Waals surface area contributed by atoms with Gasteiger partial charge in [-0.2, -0.15) is 10.1 Å². The molecule has 2 N–H and O–H groups in total. The van der Waals surface area contributed by atoms with E-state index in [4.69, 9.17) is 0 Å². The van der Waals surface area contributed by atoms with Gasteiger partial charge in [-0.3, -0.25) is 0 Å². The van der Waals surface area contributed by atoms with E-state index < -0.39 is 0 Å². The molecule has 2 rings (SSSR count). The van der Waals surface area contributed by atoms with E-state index >= 15 is 0 Å². The first kappa shape index (κ1) is 16.1. The van der Waals surface area contributed by atoms with Crippen molar-refractivity contribution in [2.24, 2.45) is 0 Å². The number of hydrogen-bond donors (Lipinski definition) is 2. The highest BCUT2D eigenvalue weighted by Crippen LogP contribution is 2.08. The van der Waals surface area contributed by atoms with E-state index in [1.54, 1.807) is 18.3 Å². The van der Waals surface area contributed by atoms with Crippen LogP contribution in [0.5, 0.6) is 0 Å². The summed E-state index contributed by atoms with van der Waals surface area (Å²) in [6.07, 6.45) is 5.67. The number of nitrogens with one attached hydrogen (secondary N) is 2. The molecule has 0 bridgehead atoms. The van der Waals surface area contributed by atoms with Gasteiger partial charge in [-0.25, -0.2) is 4.39 Å². The van der Waals surface area contributed by atoms with E-state index in [0.29, 0.717) is 30.3 Å². The molecule has 6 heteroatoms. The van der Waals surface area contributed by atoms with Gasteiger partial charge in [0.1, 0.15) is 11.6 Å². The summed E-state index contributed by atoms with van der Waals surface area (Å²) in [6, 6.07) is 6.76. The Morgan fingerprint density at radius 2 is 1.95 bits per heavy atom. The lowest BCUT2D eigenvalue weighted by Gasteiger charge is -2.08. The third kappa shape index (κ3) is 5.27. The predicted molar refractivity (Wildman–Crippen MR) is 86.4 cm³/mol. The van der Waals surface area contributed by atoms with E-state index in [1.165, 1.54) is 18.9 Å². The molecule has 0 spiro atoms. The fraction of sp³-hybridized carbons (Fsp3) is 0.438. The Morgan fingerprint density at radius 1 is 1.09 bits per heavy atom. The maximum atomic E-state index is 13.5. The molecule has 0 aliphatic carbocycles. The van der Waals surface area contributed by atoms with Crippen LogP contribution in [0.3, 0.4) is 0 Å². The zero-order valence-electron chi connectivity index (χ0n) is 12.8. The normalized spacial score (nSPS) is 10.5. The van der Waals surface area contributed by atoms with Crippen LogP contribution < -0.4 is 10.6 Å². The molecule has 22 heavy (non-hydrogen) atoms. The number of aromatic nitrogens is 3. The van der Waals surface area contributed by atoms with Crippen molar-refractivity contribution in [2.75, 3.05) is 23.7 Å². The van der Waals surface area contributed by atoms with Crippen molar-refractivity contribution in [3.05, 3.63) is 41.8 Å². The van der Waals surface area contributed by atoms with E-state index in [1.807, 2.05) is 6.07 Å². The lowest BCUT2D eigenvalue weighted by Crippen LogP contribution is -2.11. The fourth-order valence-electron chi connectivity index (χ4n) is 2.07. The zero-order chi connectivity index (χ0) is 15.6. The molecule has 0 unspecified atom stereocenters. The molecule has 0 aliphatic heterocycles. The van der Waals surface area contributed by atoms with Crippen LogP contribution in [0.1, 0.15) is 31.7 Å². The molecule has 0 aliphatic rings. The van der Waals surface area contributed by atoms with E-state index in [-0.39, 0.29) is 5.82 Å². The summed E-state index contributed by atoms with van der Waals surface area (Å²) in [7, 11) is 0. The molecule has 0 fully saturated rings. The van der Waals surface area contributed by atoms with Crippen LogP contribution in [0.2, 0.25) is 0 Å². The topological polar surface area (TPSA) is 62.7 Å². The van der Waals surface area contributed by atoms with Crippen molar-refractivity contribution in [1.82, 2.24) is 15.2 Å². The Bertz CT molecular complexity index is 576. The first-order valence-corrected chi connectivity index (χ1v) is 7.70. The predicted octanol–water partition coefficient (Wildman–Crippen LogP) is 3.27. The van der Waals surface area contributed by atoms with Gasteiger partial charge in [0, 0.05) is 13.1 Å². The van der Waals surface area contributed by atoms with Crippen LogP contribution in [-0.2, 0) is 6.42 Å². The van der Waals surface area contributed by atoms with Gasteiger partial charge in [0.2, 0.25) is 5.95 Å². The summed E-state index contributed by atoms with van der Waals surface area (Å²) in [5, 5.41) is 14.1. The van der Waals surface area contributed by atoms with Gasteiger partial charge in [0.05, 0.1) is 6.20 Å². The van der Waals surface area contributed by atoms with Crippen molar-refractivity contribution < 1.29 is 4.39 Å². The molecule has 118 valence electrons. The highest BCUT2D eigenvalue weighted by Gasteiger charge is 2.02. The summed E-state index contributed by atoms with van der Waals surface area (Å²) >= 11 is 0. The van der Waals surface area contributed by atoms with Crippen molar-refractivity contribution in [2.45, 2.75) is 32.6 Å². The summed E-state index contributed by atoms with van der Waals surface area (Å²) in [6.45, 7) is 3.60. The van der Waals surface area contributed by atoms with Crippen LogP contribution in [0.25, 0.3) is 0 Å². The number of nitrogens with zero attached hydrogens (tertiary/aromatic N) is 3. The Hall–Kier alpha value is -2.24. The average Bonchev–Trinajstić information content (AvgIpc) is 2.54. The van der Waals surface area contributed by atoms with Crippen LogP contribution in [0.4, 0.5) is 16.2 Å². The second-order valence-corrected chi connectivity index (χ2v) is 5.07. The van der Waals surface area contributed by atoms with Gasteiger partial charge in [-0.15, -0.1) is 5.10 Å². The molecule has 0 atom stereocenters. The Morgan fingerprint density at radius 3 is 2.77 bits per heavy atom. The number of benzene rings is 1. The summed E-state index contributed by atoms with van der Waals surface area (Å²) in [5.74, 6) is 0.978. The van der Waals surface area contributed by atoms with Gasteiger partial charge < -0.3 is 10.6 Å². The minimum atomic E-state index is -0.185. The second kappa shape index (κ2) is 8.92. The molecule has 0 amide bonds. The maximum absolute atomic E-state index is 13.5. The summed E-state index contributed by atoms with van der Waals surface area (Å²) in [4.78, 5) is 4.33. The van der Waals surface area contributed by atoms with Crippen LogP contribution in [0.15, 0.2) is 30.5 Å². The Kier molecular flexibility index (Phi) is 6.54. The molecular weight excluding hydrogens is 281 g/mol. The number of halogens is 1. The highest BCUT2D eigenvalue weighted by atomic mass is 19.1. The van der Waals surface area contributed by atoms with Gasteiger partial charge in [-0.05, 0) is 24.5 Å². The molecular formula is C16H22FN5. The van der Waals surface area contributed by atoms with Crippen molar-refractivity contribution in [1.29, 1.82) is 0 Å². The average molecular weight is 303 g/mol. The van der Waals surface area contributed by atoms with Crippen LogP contribution in [0, 0.1) is 5.82 Å². The molecule has 1 aromatic carbocycles. The minimum absolute atomic E-state index is 0.185. The molecule has 1 aromatic heterocycles. The first-order valence-electron chi connectivity index (χ1n) is 7.70. The third-order valence-electron chi connectivity index (χ3n) is 3.28. The van der Waals surface area contributed by atoms with Crippen molar-refractivity contribution >= 4 is 11.8 Å². The van der Waals surface area contributed by atoms with Crippen LogP contribution >= 0.6 is 0 Å². The molecule has 1 heterocycles. The Balaban J connectivity index is 1.79. The van der Waals surface area contributed by atoms with Crippen molar-refractivity contribution in [3.8, 4) is 0 Å². The molecule has 0 saturated carbocycles. The third-order valence-corrected chi connectivity index (χ3v) is 3.28. The maximum Gasteiger partial charge on any atom is 0.244 e. The SMILES string of the molecule is CCCCCNc1cnnc(NCCc2ccccc2F)n1. The van der Waals surface area contributed by atoms with Gasteiger partial charge in [0.25, 0.3) is 0 Å². The van der Waals surface area contributed by atoms with Gasteiger partial charge in [0.15, 0.2) is 0 Å². The van der Waals surface area contributed by atoms with E-state index in [2.05, 4.69) is 32.7 Å². The highest BCUT2D eigenvalue weighted by molar-refractivity contribution is 5.36. The first-order chi connectivity index (χ1) is 10.8. The number of anilines is 2. The van der Waals surface area contributed by atoms with E-state index in [0.717, 1.165) is 13.0 Å². The lowest BCUT2D eigenvalue weighted by molar-refractivity contribution is 0.610. The van der Waals surface area contributed by atoms with Crippen LogP contribution in [-0.4, -0.2) is 28.3 Å². The summed E-state index contributed by atoms with van der Waals surface area (Å²) in [5.41, 5.74) is 0.678. The largest absolute Gasteiger partial charge is 0.369 e. The number of rotatable bonds is 9. The standard InChI is InChI=1S/C16H22FN5/c1-2-3-6-10-18-15-12-20-22-16(21-15)19-11-9-13-7-4-5-8-14(13)17/h4-5,7-8,12H,2-3,6,9-11H2,1H3,(H2,18,19,21,22). The number of unbranched alkanes of at least 4 members (excludes halogenated alkanes) is 2. The second-order valence-electron chi connectivity index (χ2n) is 5.07. The lowest BCUT2D eigenvalue weighted by atomic mass is 10.1. The van der Waals surface area contributed by atoms with E-state index in [9.17, 15) is 4.39 Å². The monoisotopic (exact) mass is 303 g/mol. The molecule has 0 radical (unpaired) electrons. The molecule has 5 nitrogen and oxygen atoms in total. The van der Waals surface area contributed by atoms with Crippen molar-refractivity contribution in [3.63, 3.8) is 0 Å². The van der Waals surface area contributed by atoms with Gasteiger partial charge in [-0.1, -0.05) is 38.0 Å². The Labute approximate surface area is 130 Å². The fourth-order valence-corrected chi connectivity index (χ4v) is 2.07. The number of hydrogen-bond acceptors (Lipinski definition) is 5. The summed E-state index contributed by atoms with van der Waals surface area (Å²) < 4.78 is 13.5. The molecule has 0 saturated heterocycles. The minimum Gasteiger partial charge on any atom is -0.369 e. The zero-order valence-corrected chi connectivity index (χ0v) is 12.8. The van der Waals surface area contributed by atoms with Gasteiger partial charge >= 0.3 is 0 Å².